The van der Waals surface area contributed by atoms with Crippen LogP contribution in [0, 0.1) is 0 Å². The Morgan fingerprint density at radius 1 is 1.05 bits per heavy atom. The van der Waals surface area contributed by atoms with E-state index < -0.39 is 10.0 Å². The van der Waals surface area contributed by atoms with Crippen LogP contribution in [0.1, 0.15) is 30.6 Å². The maximum atomic E-state index is 12.4. The predicted octanol–water partition coefficient (Wildman–Crippen LogP) is 3.54. The monoisotopic (exact) mass is 321 g/mol. The maximum Gasteiger partial charge on any atom is 0.240 e. The van der Waals surface area contributed by atoms with Gasteiger partial charge < -0.3 is 0 Å². The molecule has 0 aliphatic heterocycles. The zero-order chi connectivity index (χ0) is 14.8. The fraction of sp³-hybridized carbons (Fsp3) is 0.375. The molecule has 1 aromatic heterocycles. The van der Waals surface area contributed by atoms with E-state index in [4.69, 9.17) is 0 Å². The Hall–Kier alpha value is -1.17. The first-order chi connectivity index (χ1) is 10.1. The molecule has 1 N–H and O–H groups in total. The Kier molecular flexibility index (Phi) is 4.15. The zero-order valence-electron chi connectivity index (χ0n) is 11.8. The van der Waals surface area contributed by atoms with Crippen molar-refractivity contribution in [3.63, 3.8) is 0 Å². The number of nitrogens with one attached hydrogen (secondary N) is 1. The van der Waals surface area contributed by atoms with E-state index in [1.165, 1.54) is 17.7 Å². The van der Waals surface area contributed by atoms with Gasteiger partial charge in [-0.25, -0.2) is 13.1 Å². The molecule has 1 fully saturated rings. The number of thiophene rings is 1. The van der Waals surface area contributed by atoms with E-state index >= 15 is 0 Å². The molecule has 2 aromatic rings. The molecule has 1 saturated carbocycles. The molecule has 1 heterocycles. The summed E-state index contributed by atoms with van der Waals surface area (Å²) in [5.74, 6) is 0. The third kappa shape index (κ3) is 3.05. The molecular weight excluding hydrogens is 302 g/mol. The minimum Gasteiger partial charge on any atom is -0.210 e. The second kappa shape index (κ2) is 5.91. The van der Waals surface area contributed by atoms with Gasteiger partial charge in [-0.1, -0.05) is 37.1 Å². The lowest BCUT2D eigenvalue weighted by Gasteiger charge is -2.28. The summed E-state index contributed by atoms with van der Waals surface area (Å²) in [6, 6.07) is 12.8. The molecule has 0 spiro atoms. The smallest absolute Gasteiger partial charge is 0.210 e. The first kappa shape index (κ1) is 14.8. The van der Waals surface area contributed by atoms with Gasteiger partial charge in [-0.3, -0.25) is 0 Å². The SMILES string of the molecule is O=S(=O)(NCC1(c2cccs2)CCCC1)c1ccccc1. The Morgan fingerprint density at radius 2 is 1.76 bits per heavy atom. The number of benzene rings is 1. The zero-order valence-corrected chi connectivity index (χ0v) is 13.4. The van der Waals surface area contributed by atoms with E-state index in [1.807, 2.05) is 12.1 Å². The normalized spacial score (nSPS) is 17.9. The number of sulfonamides is 1. The quantitative estimate of drug-likeness (QED) is 0.915. The average molecular weight is 321 g/mol. The van der Waals surface area contributed by atoms with E-state index in [9.17, 15) is 8.42 Å². The molecule has 0 unspecified atom stereocenters. The van der Waals surface area contributed by atoms with Gasteiger partial charge in [0.2, 0.25) is 10.0 Å². The topological polar surface area (TPSA) is 46.2 Å². The van der Waals surface area contributed by atoms with Gasteiger partial charge in [0.1, 0.15) is 0 Å². The molecule has 0 radical (unpaired) electrons. The molecule has 0 bridgehead atoms. The number of hydrogen-bond acceptors (Lipinski definition) is 3. The average Bonchev–Trinajstić information content (AvgIpc) is 3.18. The Balaban J connectivity index is 1.80. The Bertz CT molecular complexity index is 672. The number of rotatable bonds is 5. The Labute approximate surface area is 130 Å². The van der Waals surface area contributed by atoms with Crippen molar-refractivity contribution in [1.82, 2.24) is 4.72 Å². The minimum absolute atomic E-state index is 0.0178. The second-order valence-corrected chi connectivity index (χ2v) is 8.32. The fourth-order valence-electron chi connectivity index (χ4n) is 3.06. The molecule has 5 heteroatoms. The molecule has 21 heavy (non-hydrogen) atoms. The molecule has 112 valence electrons. The molecule has 0 amide bonds. The van der Waals surface area contributed by atoms with E-state index in [2.05, 4.69) is 16.2 Å². The van der Waals surface area contributed by atoms with Crippen LogP contribution in [0.25, 0.3) is 0 Å². The van der Waals surface area contributed by atoms with Crippen LogP contribution in [0.4, 0.5) is 0 Å². The summed E-state index contributed by atoms with van der Waals surface area (Å²) in [4.78, 5) is 1.64. The standard InChI is InChI=1S/C16H19NO2S2/c18-21(19,14-7-2-1-3-8-14)17-13-16(10-4-5-11-16)15-9-6-12-20-15/h1-3,6-9,12,17H,4-5,10-11,13H2. The van der Waals surface area contributed by atoms with Crippen molar-refractivity contribution in [2.75, 3.05) is 6.54 Å². The van der Waals surface area contributed by atoms with Crippen molar-refractivity contribution in [1.29, 1.82) is 0 Å². The second-order valence-electron chi connectivity index (χ2n) is 5.60. The summed E-state index contributed by atoms with van der Waals surface area (Å²) in [5.41, 5.74) is -0.0178. The van der Waals surface area contributed by atoms with Crippen LogP contribution in [-0.2, 0) is 15.4 Å². The molecule has 0 atom stereocenters. The maximum absolute atomic E-state index is 12.4. The molecule has 3 rings (SSSR count). The highest BCUT2D eigenvalue weighted by Crippen LogP contribution is 2.42. The van der Waals surface area contributed by atoms with Gasteiger partial charge in [-0.15, -0.1) is 11.3 Å². The van der Waals surface area contributed by atoms with Crippen LogP contribution in [0.15, 0.2) is 52.7 Å². The summed E-state index contributed by atoms with van der Waals surface area (Å²) in [5, 5.41) is 2.07. The highest BCUT2D eigenvalue weighted by Gasteiger charge is 2.37. The van der Waals surface area contributed by atoms with Crippen molar-refractivity contribution in [2.45, 2.75) is 36.0 Å². The summed E-state index contributed by atoms with van der Waals surface area (Å²) in [6.45, 7) is 0.491. The van der Waals surface area contributed by atoms with Gasteiger partial charge in [-0.2, -0.15) is 0 Å². The minimum atomic E-state index is -3.42. The van der Waals surface area contributed by atoms with Crippen LogP contribution in [0.3, 0.4) is 0 Å². The van der Waals surface area contributed by atoms with Gasteiger partial charge in [0.25, 0.3) is 0 Å². The van der Waals surface area contributed by atoms with E-state index in [0.717, 1.165) is 12.8 Å². The van der Waals surface area contributed by atoms with Crippen molar-refractivity contribution in [3.8, 4) is 0 Å². The van der Waals surface area contributed by atoms with Gasteiger partial charge in [0, 0.05) is 16.8 Å². The van der Waals surface area contributed by atoms with Crippen molar-refractivity contribution in [3.05, 3.63) is 52.7 Å². The largest absolute Gasteiger partial charge is 0.240 e. The highest BCUT2D eigenvalue weighted by atomic mass is 32.2. The predicted molar refractivity (Wildman–Crippen MR) is 86.1 cm³/mol. The van der Waals surface area contributed by atoms with E-state index in [0.29, 0.717) is 11.4 Å². The summed E-state index contributed by atoms with van der Waals surface area (Å²) < 4.78 is 27.6. The molecular formula is C16H19NO2S2. The fourth-order valence-corrected chi connectivity index (χ4v) is 5.19. The lowest BCUT2D eigenvalue weighted by Crippen LogP contribution is -2.38. The highest BCUT2D eigenvalue weighted by molar-refractivity contribution is 7.89. The van der Waals surface area contributed by atoms with Gasteiger partial charge in [0.15, 0.2) is 0 Å². The van der Waals surface area contributed by atoms with Crippen molar-refractivity contribution < 1.29 is 8.42 Å². The van der Waals surface area contributed by atoms with Crippen molar-refractivity contribution >= 4 is 21.4 Å². The van der Waals surface area contributed by atoms with E-state index in [-0.39, 0.29) is 5.41 Å². The van der Waals surface area contributed by atoms with Gasteiger partial charge in [-0.05, 0) is 36.4 Å². The molecule has 0 saturated heterocycles. The third-order valence-electron chi connectivity index (χ3n) is 4.26. The summed E-state index contributed by atoms with van der Waals surface area (Å²) >= 11 is 1.73. The summed E-state index contributed by atoms with van der Waals surface area (Å²) in [6.07, 6.45) is 4.46. The Morgan fingerprint density at radius 3 is 2.38 bits per heavy atom. The van der Waals surface area contributed by atoms with E-state index in [1.54, 1.807) is 35.6 Å². The van der Waals surface area contributed by atoms with Crippen LogP contribution in [0.2, 0.25) is 0 Å². The molecule has 1 aliphatic rings. The molecule has 3 nitrogen and oxygen atoms in total. The van der Waals surface area contributed by atoms with Crippen molar-refractivity contribution in [2.24, 2.45) is 0 Å². The molecule has 1 aromatic carbocycles. The first-order valence-electron chi connectivity index (χ1n) is 7.21. The van der Waals surface area contributed by atoms with Crippen LogP contribution >= 0.6 is 11.3 Å². The van der Waals surface area contributed by atoms with Crippen LogP contribution in [0.5, 0.6) is 0 Å². The lowest BCUT2D eigenvalue weighted by atomic mass is 9.85. The molecule has 1 aliphatic carbocycles. The number of hydrogen-bond donors (Lipinski definition) is 1. The summed E-state index contributed by atoms with van der Waals surface area (Å²) in [7, 11) is -3.42. The van der Waals surface area contributed by atoms with Gasteiger partial charge >= 0.3 is 0 Å². The first-order valence-corrected chi connectivity index (χ1v) is 9.57. The van der Waals surface area contributed by atoms with Crippen LogP contribution < -0.4 is 4.72 Å². The lowest BCUT2D eigenvalue weighted by molar-refractivity contribution is 0.440. The third-order valence-corrected chi connectivity index (χ3v) is 6.79. The van der Waals surface area contributed by atoms with Crippen LogP contribution in [-0.4, -0.2) is 15.0 Å². The van der Waals surface area contributed by atoms with Gasteiger partial charge in [0.05, 0.1) is 4.90 Å².